The fourth-order valence-corrected chi connectivity index (χ4v) is 2.62. The first kappa shape index (κ1) is 12.6. The third kappa shape index (κ3) is 1.76. The Balaban J connectivity index is 2.03. The van der Waals surface area contributed by atoms with Crippen LogP contribution in [0.3, 0.4) is 0 Å². The highest BCUT2D eigenvalue weighted by molar-refractivity contribution is 6.07. The number of hydrogen-bond donors (Lipinski definition) is 1. The van der Waals surface area contributed by atoms with E-state index >= 15 is 0 Å². The van der Waals surface area contributed by atoms with Crippen molar-refractivity contribution in [2.75, 3.05) is 7.05 Å². The van der Waals surface area contributed by atoms with Gasteiger partial charge in [0.1, 0.15) is 11.5 Å². The molecule has 0 bridgehead atoms. The molecule has 2 aliphatic rings. The SMILES string of the molecule is CC1CC(C#N)(C(=O)NC2CC(=O)N(C)C2=O)C1. The number of imide groups is 1. The molecule has 1 unspecified atom stereocenters. The maximum Gasteiger partial charge on any atom is 0.252 e. The molecule has 0 aromatic rings. The molecule has 6 nitrogen and oxygen atoms in total. The van der Waals surface area contributed by atoms with Crippen LogP contribution in [0.5, 0.6) is 0 Å². The Bertz CT molecular complexity index is 460. The lowest BCUT2D eigenvalue weighted by Crippen LogP contribution is -2.52. The van der Waals surface area contributed by atoms with Gasteiger partial charge in [0.15, 0.2) is 0 Å². The summed E-state index contributed by atoms with van der Waals surface area (Å²) in [5.74, 6) is -0.796. The molecule has 0 aromatic carbocycles. The van der Waals surface area contributed by atoms with Crippen LogP contribution in [-0.4, -0.2) is 35.7 Å². The van der Waals surface area contributed by atoms with Gasteiger partial charge >= 0.3 is 0 Å². The van der Waals surface area contributed by atoms with Crippen molar-refractivity contribution in [2.45, 2.75) is 32.2 Å². The predicted octanol–water partition coefficient (Wildman–Crippen LogP) is -0.200. The number of likely N-dealkylation sites (N-methyl/N-ethyl adjacent to an activating group) is 1. The standard InChI is InChI=1S/C12H15N3O3/c1-7-4-12(5-7,6-13)11(18)14-8-3-9(16)15(2)10(8)17/h7-8H,3-5H2,1-2H3,(H,14,18). The van der Waals surface area contributed by atoms with E-state index < -0.39 is 23.3 Å². The fraction of sp³-hybridized carbons (Fsp3) is 0.667. The lowest BCUT2D eigenvalue weighted by molar-refractivity contribution is -0.140. The molecule has 1 saturated carbocycles. The van der Waals surface area contributed by atoms with Crippen molar-refractivity contribution >= 4 is 17.7 Å². The number of carbonyl (C=O) groups excluding carboxylic acids is 3. The molecule has 96 valence electrons. The van der Waals surface area contributed by atoms with Gasteiger partial charge in [-0.15, -0.1) is 0 Å². The van der Waals surface area contributed by atoms with Crippen molar-refractivity contribution in [1.82, 2.24) is 10.2 Å². The van der Waals surface area contributed by atoms with Crippen molar-refractivity contribution in [1.29, 1.82) is 5.26 Å². The van der Waals surface area contributed by atoms with E-state index in [0.717, 1.165) is 4.90 Å². The summed E-state index contributed by atoms with van der Waals surface area (Å²) >= 11 is 0. The lowest BCUT2D eigenvalue weighted by atomic mass is 9.63. The summed E-state index contributed by atoms with van der Waals surface area (Å²) in [7, 11) is 1.39. The molecule has 0 aromatic heterocycles. The van der Waals surface area contributed by atoms with Gasteiger partial charge in [-0.1, -0.05) is 6.92 Å². The molecule has 1 N–H and O–H groups in total. The topological polar surface area (TPSA) is 90.3 Å². The number of nitriles is 1. The first-order chi connectivity index (χ1) is 8.39. The molecule has 2 fully saturated rings. The Morgan fingerprint density at radius 2 is 2.11 bits per heavy atom. The first-order valence-corrected chi connectivity index (χ1v) is 5.92. The molecule has 18 heavy (non-hydrogen) atoms. The largest absolute Gasteiger partial charge is 0.342 e. The van der Waals surface area contributed by atoms with Crippen LogP contribution in [0.1, 0.15) is 26.2 Å². The predicted molar refractivity (Wildman–Crippen MR) is 60.8 cm³/mol. The Labute approximate surface area is 105 Å². The number of hydrogen-bond acceptors (Lipinski definition) is 4. The van der Waals surface area contributed by atoms with Crippen molar-refractivity contribution in [3.8, 4) is 6.07 Å². The van der Waals surface area contributed by atoms with E-state index in [1.165, 1.54) is 7.05 Å². The number of amides is 3. The smallest absolute Gasteiger partial charge is 0.252 e. The van der Waals surface area contributed by atoms with Gasteiger partial charge in [-0.2, -0.15) is 5.26 Å². The molecule has 1 saturated heterocycles. The normalized spacial score (nSPS) is 35.1. The molecule has 1 heterocycles. The molecule has 6 heteroatoms. The Morgan fingerprint density at radius 3 is 2.50 bits per heavy atom. The maximum absolute atomic E-state index is 12.0. The van der Waals surface area contributed by atoms with E-state index in [9.17, 15) is 14.4 Å². The Kier molecular flexibility index (Phi) is 2.85. The molecule has 2 rings (SSSR count). The zero-order chi connectivity index (χ0) is 13.5. The highest BCUT2D eigenvalue weighted by Crippen LogP contribution is 2.45. The highest BCUT2D eigenvalue weighted by atomic mass is 16.2. The Hall–Kier alpha value is -1.90. The summed E-state index contributed by atoms with van der Waals surface area (Å²) in [5, 5.41) is 11.6. The van der Waals surface area contributed by atoms with Gasteiger partial charge in [0, 0.05) is 7.05 Å². The zero-order valence-electron chi connectivity index (χ0n) is 10.4. The lowest BCUT2D eigenvalue weighted by Gasteiger charge is -2.39. The molecular weight excluding hydrogens is 234 g/mol. The monoisotopic (exact) mass is 249 g/mol. The van der Waals surface area contributed by atoms with Crippen molar-refractivity contribution in [3.63, 3.8) is 0 Å². The summed E-state index contributed by atoms with van der Waals surface area (Å²) in [6.45, 7) is 1.97. The number of carbonyl (C=O) groups is 3. The number of rotatable bonds is 2. The second-order valence-corrected chi connectivity index (χ2v) is 5.23. The second-order valence-electron chi connectivity index (χ2n) is 5.23. The second kappa shape index (κ2) is 4.09. The zero-order valence-corrected chi connectivity index (χ0v) is 10.4. The molecule has 1 aliphatic carbocycles. The summed E-state index contributed by atoms with van der Waals surface area (Å²) in [4.78, 5) is 36.0. The van der Waals surface area contributed by atoms with Crippen LogP contribution in [0.2, 0.25) is 0 Å². The van der Waals surface area contributed by atoms with E-state index in [2.05, 4.69) is 5.32 Å². The van der Waals surface area contributed by atoms with E-state index in [1.54, 1.807) is 0 Å². The van der Waals surface area contributed by atoms with Crippen LogP contribution in [0.15, 0.2) is 0 Å². The quantitative estimate of drug-likeness (QED) is 0.686. The number of nitrogens with zero attached hydrogens (tertiary/aromatic N) is 2. The molecular formula is C12H15N3O3. The minimum atomic E-state index is -1.01. The fourth-order valence-electron chi connectivity index (χ4n) is 2.62. The van der Waals surface area contributed by atoms with Crippen molar-refractivity contribution in [2.24, 2.45) is 11.3 Å². The molecule has 3 amide bonds. The van der Waals surface area contributed by atoms with Crippen LogP contribution in [0, 0.1) is 22.7 Å². The van der Waals surface area contributed by atoms with Gasteiger partial charge < -0.3 is 5.32 Å². The molecule has 0 spiro atoms. The van der Waals surface area contributed by atoms with Crippen LogP contribution in [0.4, 0.5) is 0 Å². The molecule has 1 aliphatic heterocycles. The van der Waals surface area contributed by atoms with Crippen molar-refractivity contribution in [3.05, 3.63) is 0 Å². The van der Waals surface area contributed by atoms with E-state index in [-0.39, 0.29) is 12.3 Å². The minimum absolute atomic E-state index is 0.0157. The first-order valence-electron chi connectivity index (χ1n) is 5.92. The van der Waals surface area contributed by atoms with Gasteiger partial charge in [-0.05, 0) is 18.8 Å². The average molecular weight is 249 g/mol. The van der Waals surface area contributed by atoms with Crippen LogP contribution < -0.4 is 5.32 Å². The van der Waals surface area contributed by atoms with Crippen molar-refractivity contribution < 1.29 is 14.4 Å². The van der Waals surface area contributed by atoms with Gasteiger partial charge in [0.25, 0.3) is 5.91 Å². The van der Waals surface area contributed by atoms with Crippen LogP contribution in [-0.2, 0) is 14.4 Å². The maximum atomic E-state index is 12.0. The van der Waals surface area contributed by atoms with E-state index in [4.69, 9.17) is 5.26 Å². The molecule has 1 atom stereocenters. The summed E-state index contributed by atoms with van der Waals surface area (Å²) < 4.78 is 0. The van der Waals surface area contributed by atoms with Gasteiger partial charge in [-0.3, -0.25) is 19.3 Å². The molecule has 0 radical (unpaired) electrons. The Morgan fingerprint density at radius 1 is 1.50 bits per heavy atom. The highest BCUT2D eigenvalue weighted by Gasteiger charge is 2.50. The van der Waals surface area contributed by atoms with E-state index in [1.807, 2.05) is 13.0 Å². The number of likely N-dealkylation sites (tertiary alicyclic amines) is 1. The summed E-state index contributed by atoms with van der Waals surface area (Å²) in [5.41, 5.74) is -1.01. The van der Waals surface area contributed by atoms with Gasteiger partial charge in [-0.25, -0.2) is 0 Å². The summed E-state index contributed by atoms with van der Waals surface area (Å²) in [6.07, 6.45) is 1.01. The van der Waals surface area contributed by atoms with Gasteiger partial charge in [0.05, 0.1) is 12.5 Å². The number of nitrogens with one attached hydrogen (secondary N) is 1. The third-order valence-corrected chi connectivity index (χ3v) is 3.73. The summed E-state index contributed by atoms with van der Waals surface area (Å²) in [6, 6.07) is 1.23. The van der Waals surface area contributed by atoms with E-state index in [0.29, 0.717) is 18.8 Å². The van der Waals surface area contributed by atoms with Gasteiger partial charge in [0.2, 0.25) is 11.8 Å². The third-order valence-electron chi connectivity index (χ3n) is 3.73. The van der Waals surface area contributed by atoms with Crippen LogP contribution in [0.25, 0.3) is 0 Å². The average Bonchev–Trinajstić information content (AvgIpc) is 2.52. The van der Waals surface area contributed by atoms with Crippen LogP contribution >= 0.6 is 0 Å². The minimum Gasteiger partial charge on any atom is -0.342 e.